The first-order valence-corrected chi connectivity index (χ1v) is 6.73. The van der Waals surface area contributed by atoms with Crippen molar-refractivity contribution in [3.63, 3.8) is 0 Å². The van der Waals surface area contributed by atoms with Crippen molar-refractivity contribution >= 4 is 35.0 Å². The van der Waals surface area contributed by atoms with Gasteiger partial charge in [-0.3, -0.25) is 0 Å². The van der Waals surface area contributed by atoms with Gasteiger partial charge in [0.1, 0.15) is 0 Å². The average molecular weight is 294 g/mol. The van der Waals surface area contributed by atoms with Crippen LogP contribution in [0.3, 0.4) is 0 Å². The van der Waals surface area contributed by atoms with Crippen molar-refractivity contribution in [1.29, 1.82) is 0 Å². The van der Waals surface area contributed by atoms with Crippen molar-refractivity contribution in [1.82, 2.24) is 0 Å². The molecule has 0 aliphatic carbocycles. The summed E-state index contributed by atoms with van der Waals surface area (Å²) in [7, 11) is 0. The lowest BCUT2D eigenvalue weighted by atomic mass is 10.2. The second-order valence-electron chi connectivity index (χ2n) is 4.10. The van der Waals surface area contributed by atoms with Crippen LogP contribution >= 0.6 is 23.4 Å². The number of carbonyl (C=O) groups is 1. The minimum absolute atomic E-state index is 0.121. The van der Waals surface area contributed by atoms with Gasteiger partial charge >= 0.3 is 5.97 Å². The van der Waals surface area contributed by atoms with E-state index < -0.39 is 5.97 Å². The molecular weight excluding hydrogens is 282 g/mol. The fourth-order valence-electron chi connectivity index (χ4n) is 1.60. The van der Waals surface area contributed by atoms with Crippen LogP contribution in [0.1, 0.15) is 15.9 Å². The van der Waals surface area contributed by atoms with Gasteiger partial charge in [0.15, 0.2) is 0 Å². The Hall–Kier alpha value is -1.65. The molecule has 0 aliphatic rings. The van der Waals surface area contributed by atoms with Crippen molar-refractivity contribution in [3.05, 3.63) is 52.5 Å². The number of aromatic carboxylic acids is 1. The summed E-state index contributed by atoms with van der Waals surface area (Å²) in [6.07, 6.45) is 0. The standard InChI is InChI=1S/C14H12ClNO2S/c1-8-2-4-10(5-3-8)19-13-11(14(17)18)6-9(16)7-12(13)15/h2-7H,16H2,1H3,(H,17,18). The SMILES string of the molecule is Cc1ccc(Sc2c(Cl)cc(N)cc2C(=O)O)cc1. The molecule has 0 unspecified atom stereocenters. The largest absolute Gasteiger partial charge is 0.478 e. The Labute approximate surface area is 120 Å². The van der Waals surface area contributed by atoms with Crippen LogP contribution in [0.15, 0.2) is 46.2 Å². The quantitative estimate of drug-likeness (QED) is 0.837. The van der Waals surface area contributed by atoms with E-state index in [2.05, 4.69) is 0 Å². The number of carboxylic acid groups (broad SMARTS) is 1. The zero-order valence-electron chi connectivity index (χ0n) is 10.2. The predicted octanol–water partition coefficient (Wildman–Crippen LogP) is 4.08. The Morgan fingerprint density at radius 2 is 1.89 bits per heavy atom. The molecule has 0 heterocycles. The molecule has 2 aromatic rings. The van der Waals surface area contributed by atoms with Crippen molar-refractivity contribution in [2.45, 2.75) is 16.7 Å². The van der Waals surface area contributed by atoms with Crippen molar-refractivity contribution < 1.29 is 9.90 Å². The molecule has 19 heavy (non-hydrogen) atoms. The third kappa shape index (κ3) is 3.22. The Kier molecular flexibility index (Phi) is 4.02. The number of anilines is 1. The van der Waals surface area contributed by atoms with Crippen LogP contribution in [-0.2, 0) is 0 Å². The Morgan fingerprint density at radius 1 is 1.26 bits per heavy atom. The van der Waals surface area contributed by atoms with Gasteiger partial charge in [-0.1, -0.05) is 41.1 Å². The molecule has 0 saturated heterocycles. The van der Waals surface area contributed by atoms with E-state index in [0.29, 0.717) is 15.6 Å². The summed E-state index contributed by atoms with van der Waals surface area (Å²) in [6, 6.07) is 10.8. The first-order chi connectivity index (χ1) is 8.97. The molecule has 0 radical (unpaired) electrons. The summed E-state index contributed by atoms with van der Waals surface area (Å²) < 4.78 is 0. The molecule has 2 aromatic carbocycles. The molecule has 0 saturated carbocycles. The molecule has 98 valence electrons. The lowest BCUT2D eigenvalue weighted by Gasteiger charge is -2.09. The number of carboxylic acids is 1. The zero-order chi connectivity index (χ0) is 14.0. The van der Waals surface area contributed by atoms with E-state index in [1.807, 2.05) is 31.2 Å². The average Bonchev–Trinajstić information content (AvgIpc) is 2.34. The fourth-order valence-corrected chi connectivity index (χ4v) is 2.87. The highest BCUT2D eigenvalue weighted by Gasteiger charge is 2.16. The van der Waals surface area contributed by atoms with Gasteiger partial charge in [0.05, 0.1) is 10.6 Å². The minimum Gasteiger partial charge on any atom is -0.478 e. The number of benzene rings is 2. The fraction of sp³-hybridized carbons (Fsp3) is 0.0714. The number of nitrogen functional groups attached to an aromatic ring is 1. The van der Waals surface area contributed by atoms with E-state index in [4.69, 9.17) is 17.3 Å². The molecule has 0 spiro atoms. The van der Waals surface area contributed by atoms with Gasteiger partial charge in [-0.15, -0.1) is 0 Å². The lowest BCUT2D eigenvalue weighted by Crippen LogP contribution is -2.01. The summed E-state index contributed by atoms with van der Waals surface area (Å²) in [5.41, 5.74) is 7.23. The van der Waals surface area contributed by atoms with Gasteiger partial charge in [0.25, 0.3) is 0 Å². The highest BCUT2D eigenvalue weighted by Crippen LogP contribution is 2.37. The molecule has 0 bridgehead atoms. The molecule has 3 nitrogen and oxygen atoms in total. The third-order valence-corrected chi connectivity index (χ3v) is 4.10. The smallest absolute Gasteiger partial charge is 0.336 e. The monoisotopic (exact) mass is 293 g/mol. The first kappa shape index (κ1) is 13.8. The Balaban J connectivity index is 2.44. The van der Waals surface area contributed by atoms with Crippen LogP contribution in [0.5, 0.6) is 0 Å². The zero-order valence-corrected chi connectivity index (χ0v) is 11.8. The van der Waals surface area contributed by atoms with E-state index in [0.717, 1.165) is 10.5 Å². The van der Waals surface area contributed by atoms with Gasteiger partial charge in [0.2, 0.25) is 0 Å². The highest BCUT2D eigenvalue weighted by atomic mass is 35.5. The summed E-state index contributed by atoms with van der Waals surface area (Å²) in [5, 5.41) is 9.56. The number of nitrogens with two attached hydrogens (primary N) is 1. The topological polar surface area (TPSA) is 63.3 Å². The Morgan fingerprint density at radius 3 is 2.47 bits per heavy atom. The molecular formula is C14H12ClNO2S. The molecule has 0 fully saturated rings. The number of hydrogen-bond acceptors (Lipinski definition) is 3. The number of halogens is 1. The second-order valence-corrected chi connectivity index (χ2v) is 5.59. The van der Waals surface area contributed by atoms with Crippen LogP contribution in [0.4, 0.5) is 5.69 Å². The summed E-state index contributed by atoms with van der Waals surface area (Å²) in [5.74, 6) is -1.04. The van der Waals surface area contributed by atoms with E-state index in [1.54, 1.807) is 6.07 Å². The molecule has 3 N–H and O–H groups in total. The number of hydrogen-bond donors (Lipinski definition) is 2. The maximum absolute atomic E-state index is 11.2. The summed E-state index contributed by atoms with van der Waals surface area (Å²) >= 11 is 7.41. The van der Waals surface area contributed by atoms with E-state index in [-0.39, 0.29) is 5.56 Å². The normalized spacial score (nSPS) is 10.4. The minimum atomic E-state index is -1.04. The molecule has 5 heteroatoms. The Bertz CT molecular complexity index is 626. The third-order valence-electron chi connectivity index (χ3n) is 2.54. The van der Waals surface area contributed by atoms with Gasteiger partial charge in [-0.25, -0.2) is 4.79 Å². The van der Waals surface area contributed by atoms with E-state index in [1.165, 1.54) is 17.8 Å². The van der Waals surface area contributed by atoms with Crippen molar-refractivity contribution in [2.24, 2.45) is 0 Å². The van der Waals surface area contributed by atoms with E-state index >= 15 is 0 Å². The van der Waals surface area contributed by atoms with Gasteiger partial charge < -0.3 is 10.8 Å². The molecule has 2 rings (SSSR count). The summed E-state index contributed by atoms with van der Waals surface area (Å²) in [6.45, 7) is 1.99. The van der Waals surface area contributed by atoms with Crippen LogP contribution in [0.2, 0.25) is 5.02 Å². The van der Waals surface area contributed by atoms with Crippen LogP contribution < -0.4 is 5.73 Å². The van der Waals surface area contributed by atoms with Crippen LogP contribution in [0, 0.1) is 6.92 Å². The van der Waals surface area contributed by atoms with Crippen molar-refractivity contribution in [2.75, 3.05) is 5.73 Å². The first-order valence-electron chi connectivity index (χ1n) is 5.54. The van der Waals surface area contributed by atoms with Gasteiger partial charge in [-0.2, -0.15) is 0 Å². The maximum atomic E-state index is 11.2. The van der Waals surface area contributed by atoms with Crippen molar-refractivity contribution in [3.8, 4) is 0 Å². The summed E-state index contributed by atoms with van der Waals surface area (Å²) in [4.78, 5) is 12.7. The van der Waals surface area contributed by atoms with Gasteiger partial charge in [-0.05, 0) is 31.2 Å². The van der Waals surface area contributed by atoms with E-state index in [9.17, 15) is 9.90 Å². The maximum Gasteiger partial charge on any atom is 0.336 e. The lowest BCUT2D eigenvalue weighted by molar-refractivity contribution is 0.0693. The van der Waals surface area contributed by atoms with Gasteiger partial charge in [0, 0.05) is 15.5 Å². The highest BCUT2D eigenvalue weighted by molar-refractivity contribution is 7.99. The molecule has 0 atom stereocenters. The molecule has 0 amide bonds. The number of rotatable bonds is 3. The van der Waals surface area contributed by atoms with Crippen LogP contribution in [0.25, 0.3) is 0 Å². The second kappa shape index (κ2) is 5.55. The molecule has 0 aliphatic heterocycles. The predicted molar refractivity (Wildman–Crippen MR) is 78.1 cm³/mol. The van der Waals surface area contributed by atoms with Crippen LogP contribution in [-0.4, -0.2) is 11.1 Å². The number of aryl methyl sites for hydroxylation is 1. The molecule has 0 aromatic heterocycles.